The van der Waals surface area contributed by atoms with E-state index in [0.717, 1.165) is 40.0 Å². The van der Waals surface area contributed by atoms with Crippen LogP contribution in [-0.2, 0) is 11.3 Å². The molecule has 3 aromatic carbocycles. The Morgan fingerprint density at radius 2 is 1.70 bits per heavy atom. The van der Waals surface area contributed by atoms with E-state index >= 15 is 0 Å². The molecule has 33 heavy (non-hydrogen) atoms. The average molecular weight is 439 g/mol. The number of aromatic nitrogens is 3. The lowest BCUT2D eigenvalue weighted by Gasteiger charge is -2.09. The summed E-state index contributed by atoms with van der Waals surface area (Å²) < 4.78 is 12.7. The lowest BCUT2D eigenvalue weighted by molar-refractivity contribution is 0.146. The van der Waals surface area contributed by atoms with E-state index in [1.54, 1.807) is 13.4 Å². The number of pyridine rings is 1. The van der Waals surface area contributed by atoms with Crippen molar-refractivity contribution in [3.05, 3.63) is 84.7 Å². The van der Waals surface area contributed by atoms with E-state index in [9.17, 15) is 0 Å². The van der Waals surface area contributed by atoms with Crippen LogP contribution in [0.1, 0.15) is 5.56 Å². The second-order valence-electron chi connectivity index (χ2n) is 7.91. The molecule has 0 saturated carbocycles. The first kappa shape index (κ1) is 21.1. The molecule has 166 valence electrons. The van der Waals surface area contributed by atoms with Crippen molar-refractivity contribution in [2.75, 3.05) is 27.4 Å². The molecule has 0 spiro atoms. The largest absolute Gasteiger partial charge is 0.491 e. The fraction of sp³-hybridized carbons (Fsp3) is 0.185. The highest BCUT2D eigenvalue weighted by molar-refractivity contribution is 5.86. The number of nitrogens with one attached hydrogen (secondary N) is 1. The number of hydrogen-bond donors (Lipinski definition) is 1. The lowest BCUT2D eigenvalue weighted by atomic mass is 10.0. The normalized spacial score (nSPS) is 11.3. The third-order valence-electron chi connectivity index (χ3n) is 5.66. The minimum atomic E-state index is 0.511. The van der Waals surface area contributed by atoms with E-state index in [1.165, 1.54) is 16.7 Å². The van der Waals surface area contributed by atoms with Crippen molar-refractivity contribution in [1.29, 1.82) is 0 Å². The summed E-state index contributed by atoms with van der Waals surface area (Å²) in [6, 6.07) is 25.1. The van der Waals surface area contributed by atoms with Crippen LogP contribution in [0.4, 0.5) is 0 Å². The number of nitrogens with zero attached hydrogens (tertiary/aromatic N) is 3. The standard InChI is InChI=1S/C27H26N4O2/c1-28-17-19-3-5-20(6-4-19)21-7-10-24-22(15-21)8-12-27(30-24)31-18-29-25-16-23(9-11-26(25)31)33-14-13-32-2/h3-12,15-16,18,28H,13-14,17H2,1-2H3. The Balaban J connectivity index is 1.42. The molecule has 6 heteroatoms. The summed E-state index contributed by atoms with van der Waals surface area (Å²) in [5.41, 5.74) is 6.45. The Morgan fingerprint density at radius 3 is 2.52 bits per heavy atom. The van der Waals surface area contributed by atoms with Crippen molar-refractivity contribution in [1.82, 2.24) is 19.9 Å². The fourth-order valence-corrected chi connectivity index (χ4v) is 3.96. The topological polar surface area (TPSA) is 61.2 Å². The van der Waals surface area contributed by atoms with Gasteiger partial charge in [0.25, 0.3) is 0 Å². The predicted octanol–water partition coefficient (Wildman–Crippen LogP) is 4.99. The summed E-state index contributed by atoms with van der Waals surface area (Å²) in [5, 5.41) is 4.29. The van der Waals surface area contributed by atoms with Crippen molar-refractivity contribution < 1.29 is 9.47 Å². The van der Waals surface area contributed by atoms with Gasteiger partial charge in [0.15, 0.2) is 0 Å². The molecule has 5 aromatic rings. The minimum absolute atomic E-state index is 0.511. The molecule has 0 saturated heterocycles. The molecule has 0 unspecified atom stereocenters. The fourth-order valence-electron chi connectivity index (χ4n) is 3.96. The second-order valence-corrected chi connectivity index (χ2v) is 7.91. The van der Waals surface area contributed by atoms with Crippen LogP contribution in [0.2, 0.25) is 0 Å². The van der Waals surface area contributed by atoms with Gasteiger partial charge in [0.05, 0.1) is 23.2 Å². The van der Waals surface area contributed by atoms with Gasteiger partial charge in [-0.15, -0.1) is 0 Å². The van der Waals surface area contributed by atoms with Crippen LogP contribution in [0.5, 0.6) is 5.75 Å². The van der Waals surface area contributed by atoms with Gasteiger partial charge in [-0.25, -0.2) is 9.97 Å². The van der Waals surface area contributed by atoms with Crippen molar-refractivity contribution in [3.8, 4) is 22.7 Å². The van der Waals surface area contributed by atoms with Crippen molar-refractivity contribution in [3.63, 3.8) is 0 Å². The van der Waals surface area contributed by atoms with Crippen LogP contribution in [0, 0.1) is 0 Å². The number of imidazole rings is 1. The molecule has 2 aromatic heterocycles. The monoisotopic (exact) mass is 438 g/mol. The minimum Gasteiger partial charge on any atom is -0.491 e. The molecule has 0 atom stereocenters. The number of hydrogen-bond acceptors (Lipinski definition) is 5. The maximum Gasteiger partial charge on any atom is 0.139 e. The highest BCUT2D eigenvalue weighted by Crippen LogP contribution is 2.27. The third-order valence-corrected chi connectivity index (χ3v) is 5.66. The number of benzene rings is 3. The van der Waals surface area contributed by atoms with E-state index < -0.39 is 0 Å². The number of rotatable bonds is 8. The molecule has 0 bridgehead atoms. The van der Waals surface area contributed by atoms with Gasteiger partial charge in [0.2, 0.25) is 0 Å². The molecule has 5 rings (SSSR count). The molecule has 0 radical (unpaired) electrons. The molecule has 2 heterocycles. The molecule has 0 fully saturated rings. The van der Waals surface area contributed by atoms with Crippen LogP contribution >= 0.6 is 0 Å². The zero-order chi connectivity index (χ0) is 22.6. The Morgan fingerprint density at radius 1 is 0.848 bits per heavy atom. The summed E-state index contributed by atoms with van der Waals surface area (Å²) >= 11 is 0. The Hall–Kier alpha value is -3.74. The summed E-state index contributed by atoms with van der Waals surface area (Å²) in [4.78, 5) is 9.44. The van der Waals surface area contributed by atoms with Gasteiger partial charge in [-0.3, -0.25) is 4.57 Å². The zero-order valence-corrected chi connectivity index (χ0v) is 18.8. The van der Waals surface area contributed by atoms with E-state index in [2.05, 4.69) is 58.8 Å². The Kier molecular flexibility index (Phi) is 6.02. The highest BCUT2D eigenvalue weighted by atomic mass is 16.5. The summed E-state index contributed by atoms with van der Waals surface area (Å²) in [6.45, 7) is 1.93. The van der Waals surface area contributed by atoms with E-state index in [1.807, 2.05) is 35.9 Å². The highest BCUT2D eigenvalue weighted by Gasteiger charge is 2.09. The predicted molar refractivity (Wildman–Crippen MR) is 132 cm³/mol. The number of ether oxygens (including phenoxy) is 2. The number of fused-ring (bicyclic) bond motifs is 2. The van der Waals surface area contributed by atoms with Gasteiger partial charge in [-0.2, -0.15) is 0 Å². The lowest BCUT2D eigenvalue weighted by Crippen LogP contribution is -2.04. The van der Waals surface area contributed by atoms with E-state index in [-0.39, 0.29) is 0 Å². The van der Waals surface area contributed by atoms with E-state index in [4.69, 9.17) is 14.5 Å². The summed E-state index contributed by atoms with van der Waals surface area (Å²) in [6.07, 6.45) is 1.80. The molecule has 0 aliphatic heterocycles. The first-order valence-corrected chi connectivity index (χ1v) is 11.0. The van der Waals surface area contributed by atoms with Gasteiger partial charge < -0.3 is 14.8 Å². The van der Waals surface area contributed by atoms with Crippen LogP contribution in [0.15, 0.2) is 79.1 Å². The van der Waals surface area contributed by atoms with Gasteiger partial charge in [-0.1, -0.05) is 30.3 Å². The van der Waals surface area contributed by atoms with Gasteiger partial charge >= 0.3 is 0 Å². The zero-order valence-electron chi connectivity index (χ0n) is 18.8. The molecule has 0 aliphatic carbocycles. The quantitative estimate of drug-likeness (QED) is 0.346. The van der Waals surface area contributed by atoms with Crippen molar-refractivity contribution in [2.45, 2.75) is 6.54 Å². The molecule has 0 amide bonds. The third kappa shape index (κ3) is 4.44. The molecule has 0 aliphatic rings. The van der Waals surface area contributed by atoms with Gasteiger partial charge in [0.1, 0.15) is 24.5 Å². The Labute approximate surface area is 192 Å². The number of methoxy groups -OCH3 is 1. The molecular formula is C27H26N4O2. The first-order valence-electron chi connectivity index (χ1n) is 11.0. The first-order chi connectivity index (χ1) is 16.2. The smallest absolute Gasteiger partial charge is 0.139 e. The maximum atomic E-state index is 5.70. The van der Waals surface area contributed by atoms with Crippen LogP contribution in [0.25, 0.3) is 38.9 Å². The SMILES string of the molecule is CNCc1ccc(-c2ccc3nc(-n4cnc5cc(OCCOC)ccc54)ccc3c2)cc1. The Bertz CT molecular complexity index is 1390. The van der Waals surface area contributed by atoms with Gasteiger partial charge in [-0.05, 0) is 60.1 Å². The molecular weight excluding hydrogens is 412 g/mol. The summed E-state index contributed by atoms with van der Waals surface area (Å²) in [5.74, 6) is 1.62. The van der Waals surface area contributed by atoms with Crippen LogP contribution in [0.3, 0.4) is 0 Å². The second kappa shape index (κ2) is 9.40. The van der Waals surface area contributed by atoms with Crippen LogP contribution in [-0.4, -0.2) is 41.9 Å². The van der Waals surface area contributed by atoms with Gasteiger partial charge in [0, 0.05) is 25.1 Å². The summed E-state index contributed by atoms with van der Waals surface area (Å²) in [7, 11) is 3.62. The average Bonchev–Trinajstić information content (AvgIpc) is 3.28. The van der Waals surface area contributed by atoms with E-state index in [0.29, 0.717) is 13.2 Å². The van der Waals surface area contributed by atoms with Crippen molar-refractivity contribution >= 4 is 21.9 Å². The molecule has 1 N–H and O–H groups in total. The maximum absolute atomic E-state index is 5.70. The molecule has 6 nitrogen and oxygen atoms in total. The van der Waals surface area contributed by atoms with Crippen molar-refractivity contribution in [2.24, 2.45) is 0 Å². The van der Waals surface area contributed by atoms with Crippen LogP contribution < -0.4 is 10.1 Å².